The van der Waals surface area contributed by atoms with Crippen LogP contribution in [0.25, 0.3) is 0 Å². The van der Waals surface area contributed by atoms with Crippen LogP contribution in [0.3, 0.4) is 0 Å². The SMILES string of the molecule is CCC=C(C)C1C=C(C(=O)Nc2ccc(NC(=O)c3cc(O)ccc3C)cc2)C(C)=CC1. The number of amides is 2. The lowest BCUT2D eigenvalue weighted by Gasteiger charge is -2.21. The van der Waals surface area contributed by atoms with E-state index in [9.17, 15) is 14.7 Å². The molecule has 1 aliphatic carbocycles. The second-order valence-corrected chi connectivity index (χ2v) is 8.15. The molecule has 0 spiro atoms. The van der Waals surface area contributed by atoms with Crippen molar-refractivity contribution < 1.29 is 14.7 Å². The van der Waals surface area contributed by atoms with E-state index >= 15 is 0 Å². The molecule has 0 fully saturated rings. The van der Waals surface area contributed by atoms with Gasteiger partial charge in [-0.2, -0.15) is 0 Å². The first-order valence-electron chi connectivity index (χ1n) is 10.9. The lowest BCUT2D eigenvalue weighted by atomic mass is 9.86. The van der Waals surface area contributed by atoms with Gasteiger partial charge in [0.1, 0.15) is 5.75 Å². The van der Waals surface area contributed by atoms with Crippen molar-refractivity contribution >= 4 is 23.2 Å². The van der Waals surface area contributed by atoms with Gasteiger partial charge >= 0.3 is 0 Å². The third kappa shape index (κ3) is 5.55. The summed E-state index contributed by atoms with van der Waals surface area (Å²) in [6.07, 6.45) is 8.27. The summed E-state index contributed by atoms with van der Waals surface area (Å²) in [5, 5.41) is 15.4. The molecule has 1 atom stereocenters. The highest BCUT2D eigenvalue weighted by molar-refractivity contribution is 6.08. The molecule has 0 saturated carbocycles. The molecule has 166 valence electrons. The third-order valence-electron chi connectivity index (χ3n) is 5.69. The molecule has 2 aromatic rings. The van der Waals surface area contributed by atoms with E-state index < -0.39 is 0 Å². The highest BCUT2D eigenvalue weighted by Crippen LogP contribution is 2.29. The number of benzene rings is 2. The fourth-order valence-electron chi connectivity index (χ4n) is 3.75. The molecule has 1 unspecified atom stereocenters. The average molecular weight is 431 g/mol. The van der Waals surface area contributed by atoms with Gasteiger partial charge in [0, 0.05) is 28.4 Å². The zero-order valence-corrected chi connectivity index (χ0v) is 19.0. The number of aromatic hydroxyl groups is 1. The van der Waals surface area contributed by atoms with E-state index in [-0.39, 0.29) is 23.5 Å². The van der Waals surface area contributed by atoms with Crippen LogP contribution in [-0.4, -0.2) is 16.9 Å². The van der Waals surface area contributed by atoms with Gasteiger partial charge in [0.2, 0.25) is 0 Å². The molecule has 2 amide bonds. The van der Waals surface area contributed by atoms with Gasteiger partial charge in [-0.05, 0) is 81.1 Å². The first-order chi connectivity index (χ1) is 15.3. The molecule has 0 aliphatic heterocycles. The van der Waals surface area contributed by atoms with E-state index in [0.717, 1.165) is 24.0 Å². The summed E-state index contributed by atoms with van der Waals surface area (Å²) in [7, 11) is 0. The molecule has 32 heavy (non-hydrogen) atoms. The van der Waals surface area contributed by atoms with E-state index in [1.165, 1.54) is 11.6 Å². The normalized spacial score (nSPS) is 16.1. The fourth-order valence-corrected chi connectivity index (χ4v) is 3.75. The number of nitrogens with one attached hydrogen (secondary N) is 2. The summed E-state index contributed by atoms with van der Waals surface area (Å²) in [4.78, 5) is 25.4. The molecule has 5 heteroatoms. The molecule has 0 aromatic heterocycles. The lowest BCUT2D eigenvalue weighted by molar-refractivity contribution is -0.112. The van der Waals surface area contributed by atoms with Crippen molar-refractivity contribution in [2.24, 2.45) is 5.92 Å². The van der Waals surface area contributed by atoms with Gasteiger partial charge in [0.15, 0.2) is 0 Å². The molecule has 5 nitrogen and oxygen atoms in total. The van der Waals surface area contributed by atoms with Crippen LogP contribution >= 0.6 is 0 Å². The Morgan fingerprint density at radius 2 is 1.66 bits per heavy atom. The number of allylic oxidation sites excluding steroid dienone is 4. The minimum Gasteiger partial charge on any atom is -0.508 e. The number of aryl methyl sites for hydroxylation is 1. The molecule has 1 aliphatic rings. The predicted octanol–water partition coefficient (Wildman–Crippen LogP) is 6.14. The van der Waals surface area contributed by atoms with Crippen LogP contribution in [0.5, 0.6) is 5.75 Å². The minimum absolute atomic E-state index is 0.0442. The molecule has 0 saturated heterocycles. The van der Waals surface area contributed by atoms with Crippen LogP contribution < -0.4 is 10.6 Å². The first kappa shape index (κ1) is 23.1. The maximum atomic E-state index is 12.9. The van der Waals surface area contributed by atoms with E-state index in [2.05, 4.69) is 42.7 Å². The van der Waals surface area contributed by atoms with Crippen molar-refractivity contribution in [3.8, 4) is 5.75 Å². The van der Waals surface area contributed by atoms with Crippen LogP contribution in [0.4, 0.5) is 11.4 Å². The highest BCUT2D eigenvalue weighted by Gasteiger charge is 2.20. The Morgan fingerprint density at radius 3 is 2.28 bits per heavy atom. The van der Waals surface area contributed by atoms with E-state index in [1.54, 1.807) is 36.4 Å². The minimum atomic E-state index is -0.301. The zero-order valence-electron chi connectivity index (χ0n) is 19.0. The van der Waals surface area contributed by atoms with Crippen LogP contribution in [0, 0.1) is 12.8 Å². The van der Waals surface area contributed by atoms with Crippen molar-refractivity contribution in [2.75, 3.05) is 10.6 Å². The van der Waals surface area contributed by atoms with Crippen LogP contribution in [0.15, 0.2) is 77.4 Å². The molecule has 3 rings (SSSR count). The topological polar surface area (TPSA) is 78.4 Å². The number of phenols is 1. The monoisotopic (exact) mass is 430 g/mol. The predicted molar refractivity (Wildman–Crippen MR) is 130 cm³/mol. The summed E-state index contributed by atoms with van der Waals surface area (Å²) >= 11 is 0. The number of anilines is 2. The summed E-state index contributed by atoms with van der Waals surface area (Å²) in [5.41, 5.74) is 5.40. The maximum absolute atomic E-state index is 12.9. The number of hydrogen-bond donors (Lipinski definition) is 3. The number of rotatable bonds is 6. The smallest absolute Gasteiger partial charge is 0.256 e. The van der Waals surface area contributed by atoms with E-state index in [1.807, 2.05) is 13.8 Å². The molecule has 2 aromatic carbocycles. The van der Waals surface area contributed by atoms with Gasteiger partial charge in [-0.15, -0.1) is 0 Å². The van der Waals surface area contributed by atoms with Gasteiger partial charge in [0.25, 0.3) is 11.8 Å². The Kier molecular flexibility index (Phi) is 7.31. The summed E-state index contributed by atoms with van der Waals surface area (Å²) in [5.74, 6) is -0.148. The Labute approximate surface area is 189 Å². The maximum Gasteiger partial charge on any atom is 0.256 e. The van der Waals surface area contributed by atoms with Crippen molar-refractivity contribution in [1.82, 2.24) is 0 Å². The quantitative estimate of drug-likeness (QED) is 0.482. The van der Waals surface area contributed by atoms with Crippen LogP contribution in [0.1, 0.15) is 49.5 Å². The summed E-state index contributed by atoms with van der Waals surface area (Å²) in [6.45, 7) is 8.00. The van der Waals surface area contributed by atoms with Gasteiger partial charge in [0.05, 0.1) is 0 Å². The Bertz CT molecular complexity index is 1110. The van der Waals surface area contributed by atoms with Gasteiger partial charge < -0.3 is 15.7 Å². The second-order valence-electron chi connectivity index (χ2n) is 8.15. The van der Waals surface area contributed by atoms with Gasteiger partial charge in [-0.3, -0.25) is 9.59 Å². The van der Waals surface area contributed by atoms with Crippen LogP contribution in [-0.2, 0) is 4.79 Å². The van der Waals surface area contributed by atoms with E-state index in [0.29, 0.717) is 22.5 Å². The van der Waals surface area contributed by atoms with Gasteiger partial charge in [-0.25, -0.2) is 0 Å². The van der Waals surface area contributed by atoms with Crippen molar-refractivity contribution in [2.45, 2.75) is 40.5 Å². The van der Waals surface area contributed by atoms with Crippen molar-refractivity contribution in [3.63, 3.8) is 0 Å². The van der Waals surface area contributed by atoms with E-state index in [4.69, 9.17) is 0 Å². The molecular formula is C27H30N2O3. The molecular weight excluding hydrogens is 400 g/mol. The Hall–Kier alpha value is -3.60. The van der Waals surface area contributed by atoms with Gasteiger partial charge in [-0.1, -0.05) is 36.8 Å². The Balaban J connectivity index is 1.68. The molecule has 0 heterocycles. The Morgan fingerprint density at radius 1 is 1.03 bits per heavy atom. The summed E-state index contributed by atoms with van der Waals surface area (Å²) in [6, 6.07) is 11.7. The van der Waals surface area contributed by atoms with Crippen molar-refractivity contribution in [3.05, 3.63) is 88.5 Å². The summed E-state index contributed by atoms with van der Waals surface area (Å²) < 4.78 is 0. The molecule has 3 N–H and O–H groups in total. The number of carbonyl (C=O) groups is 2. The highest BCUT2D eigenvalue weighted by atomic mass is 16.3. The number of phenolic OH excluding ortho intramolecular Hbond substituents is 1. The molecule has 0 bridgehead atoms. The largest absolute Gasteiger partial charge is 0.508 e. The second kappa shape index (κ2) is 10.1. The zero-order chi connectivity index (χ0) is 23.3. The lowest BCUT2D eigenvalue weighted by Crippen LogP contribution is -2.19. The van der Waals surface area contributed by atoms with Crippen molar-refractivity contribution in [1.29, 1.82) is 0 Å². The number of hydrogen-bond acceptors (Lipinski definition) is 3. The molecule has 0 radical (unpaired) electrons. The van der Waals surface area contributed by atoms with Crippen LogP contribution in [0.2, 0.25) is 0 Å². The third-order valence-corrected chi connectivity index (χ3v) is 5.69. The fraction of sp³-hybridized carbons (Fsp3) is 0.259. The number of carbonyl (C=O) groups excluding carboxylic acids is 2. The average Bonchev–Trinajstić information content (AvgIpc) is 2.77. The first-order valence-corrected chi connectivity index (χ1v) is 10.9. The standard InChI is InChI=1S/C27H30N2O3/c1-5-6-17(2)20-9-7-18(3)24(15-20)26(31)28-21-10-12-22(13-11-21)29-27(32)25-16-23(30)14-8-19(25)4/h6-8,10-16,20,30H,5,9H2,1-4H3,(H,28,31)(H,29,32).